The van der Waals surface area contributed by atoms with Crippen molar-refractivity contribution in [2.75, 3.05) is 10.8 Å². The van der Waals surface area contributed by atoms with Crippen molar-refractivity contribution < 1.29 is 13.2 Å². The molecule has 0 aliphatic heterocycles. The zero-order valence-corrected chi connectivity index (χ0v) is 19.4. The lowest BCUT2D eigenvalue weighted by molar-refractivity contribution is -0.120. The molecule has 1 N–H and O–H groups in total. The Bertz CT molecular complexity index is 1230. The van der Waals surface area contributed by atoms with Crippen LogP contribution in [-0.4, -0.2) is 20.9 Å². The molecule has 0 saturated carbocycles. The van der Waals surface area contributed by atoms with E-state index in [9.17, 15) is 13.2 Å². The highest BCUT2D eigenvalue weighted by Gasteiger charge is 2.29. The highest BCUT2D eigenvalue weighted by Crippen LogP contribution is 2.30. The number of hydrogen-bond donors (Lipinski definition) is 1. The van der Waals surface area contributed by atoms with Gasteiger partial charge >= 0.3 is 0 Å². The number of halogens is 1. The standard InChI is InChI=1S/C25H25ClN2O3S/c1-18(20-15-14-19-8-7-9-21(19)16-20)27-25(29)17-28(24-13-6-5-12-23(24)26)32(30,31)22-10-3-2-4-11-22/h2-6,10-16,18H,7-9,17H2,1H3,(H,27,29)/t18-/m1/s1. The maximum atomic E-state index is 13.4. The summed E-state index contributed by atoms with van der Waals surface area (Å²) in [4.78, 5) is 13.1. The van der Waals surface area contributed by atoms with Crippen LogP contribution in [0, 0.1) is 0 Å². The van der Waals surface area contributed by atoms with Crippen LogP contribution < -0.4 is 9.62 Å². The number of rotatable bonds is 7. The van der Waals surface area contributed by atoms with Crippen molar-refractivity contribution in [3.05, 3.63) is 94.5 Å². The van der Waals surface area contributed by atoms with Gasteiger partial charge in [-0.05, 0) is 67.1 Å². The van der Waals surface area contributed by atoms with Crippen molar-refractivity contribution in [3.8, 4) is 0 Å². The minimum absolute atomic E-state index is 0.0967. The van der Waals surface area contributed by atoms with Crippen LogP contribution in [0.25, 0.3) is 0 Å². The number of anilines is 1. The Morgan fingerprint density at radius 1 is 1.00 bits per heavy atom. The van der Waals surface area contributed by atoms with E-state index in [1.54, 1.807) is 42.5 Å². The van der Waals surface area contributed by atoms with Crippen molar-refractivity contribution in [2.24, 2.45) is 0 Å². The average Bonchev–Trinajstić information content (AvgIpc) is 3.26. The van der Waals surface area contributed by atoms with Crippen LogP contribution >= 0.6 is 11.6 Å². The molecule has 1 aliphatic carbocycles. The van der Waals surface area contributed by atoms with E-state index in [1.807, 2.05) is 13.0 Å². The molecule has 0 spiro atoms. The van der Waals surface area contributed by atoms with Gasteiger partial charge in [-0.25, -0.2) is 8.42 Å². The minimum atomic E-state index is -3.99. The summed E-state index contributed by atoms with van der Waals surface area (Å²) < 4.78 is 27.8. The quantitative estimate of drug-likeness (QED) is 0.536. The second-order valence-electron chi connectivity index (χ2n) is 7.95. The fraction of sp³-hybridized carbons (Fsp3) is 0.240. The summed E-state index contributed by atoms with van der Waals surface area (Å²) >= 11 is 6.31. The van der Waals surface area contributed by atoms with Gasteiger partial charge in [0.25, 0.3) is 10.0 Å². The third-order valence-electron chi connectivity index (χ3n) is 5.74. The first kappa shape index (κ1) is 22.4. The maximum absolute atomic E-state index is 13.4. The molecule has 7 heteroatoms. The number of nitrogens with one attached hydrogen (secondary N) is 1. The first-order chi connectivity index (χ1) is 15.4. The van der Waals surface area contributed by atoms with E-state index in [0.717, 1.165) is 29.1 Å². The van der Waals surface area contributed by atoms with Crippen LogP contribution in [0.1, 0.15) is 36.1 Å². The number of carbonyl (C=O) groups excluding carboxylic acids is 1. The van der Waals surface area contributed by atoms with E-state index in [0.29, 0.717) is 0 Å². The second-order valence-corrected chi connectivity index (χ2v) is 10.2. The molecular formula is C25H25ClN2O3S. The third-order valence-corrected chi connectivity index (χ3v) is 7.83. The number of para-hydroxylation sites is 1. The maximum Gasteiger partial charge on any atom is 0.264 e. The number of aryl methyl sites for hydroxylation is 2. The zero-order chi connectivity index (χ0) is 22.7. The Morgan fingerprint density at radius 2 is 1.69 bits per heavy atom. The van der Waals surface area contributed by atoms with E-state index in [1.165, 1.54) is 23.3 Å². The minimum Gasteiger partial charge on any atom is -0.348 e. The molecule has 0 saturated heterocycles. The molecule has 0 radical (unpaired) electrons. The largest absolute Gasteiger partial charge is 0.348 e. The van der Waals surface area contributed by atoms with Crippen LogP contribution in [0.2, 0.25) is 5.02 Å². The summed E-state index contributed by atoms with van der Waals surface area (Å²) in [7, 11) is -3.99. The highest BCUT2D eigenvalue weighted by molar-refractivity contribution is 7.92. The van der Waals surface area contributed by atoms with Crippen molar-refractivity contribution in [1.29, 1.82) is 0 Å². The molecule has 0 bridgehead atoms. The molecule has 5 nitrogen and oxygen atoms in total. The van der Waals surface area contributed by atoms with E-state index in [2.05, 4.69) is 17.4 Å². The van der Waals surface area contributed by atoms with Gasteiger partial charge in [0, 0.05) is 0 Å². The predicted octanol–water partition coefficient (Wildman–Crippen LogP) is 4.90. The summed E-state index contributed by atoms with van der Waals surface area (Å²) in [5.41, 5.74) is 3.96. The number of fused-ring (bicyclic) bond motifs is 1. The Hall–Kier alpha value is -2.83. The number of sulfonamides is 1. The van der Waals surface area contributed by atoms with Gasteiger partial charge in [0.1, 0.15) is 6.54 Å². The van der Waals surface area contributed by atoms with Crippen molar-refractivity contribution >= 4 is 33.2 Å². The predicted molar refractivity (Wildman–Crippen MR) is 127 cm³/mol. The summed E-state index contributed by atoms with van der Waals surface area (Å²) in [6.45, 7) is 1.52. The molecule has 3 aromatic rings. The Morgan fingerprint density at radius 3 is 2.44 bits per heavy atom. The van der Waals surface area contributed by atoms with Crippen LogP contribution in [0.15, 0.2) is 77.7 Å². The molecule has 1 amide bonds. The van der Waals surface area contributed by atoms with Crippen LogP contribution in [0.4, 0.5) is 5.69 Å². The van der Waals surface area contributed by atoms with Gasteiger partial charge < -0.3 is 5.32 Å². The van der Waals surface area contributed by atoms with Crippen LogP contribution in [-0.2, 0) is 27.7 Å². The van der Waals surface area contributed by atoms with E-state index < -0.39 is 15.9 Å². The summed E-state index contributed by atoms with van der Waals surface area (Å²) in [6, 6.07) is 20.7. The van der Waals surface area contributed by atoms with Crippen LogP contribution in [0.3, 0.4) is 0 Å². The van der Waals surface area contributed by atoms with E-state index >= 15 is 0 Å². The SMILES string of the molecule is C[C@@H](NC(=O)CN(c1ccccc1Cl)S(=O)(=O)c1ccccc1)c1ccc2c(c1)CCC2. The van der Waals surface area contributed by atoms with Gasteiger partial charge in [-0.2, -0.15) is 0 Å². The molecule has 32 heavy (non-hydrogen) atoms. The Labute approximate surface area is 194 Å². The van der Waals surface area contributed by atoms with Gasteiger partial charge in [-0.1, -0.05) is 60.1 Å². The Balaban J connectivity index is 1.58. The van der Waals surface area contributed by atoms with Gasteiger partial charge in [0.05, 0.1) is 21.6 Å². The lowest BCUT2D eigenvalue weighted by atomic mass is 10.0. The molecule has 166 valence electrons. The van der Waals surface area contributed by atoms with Crippen molar-refractivity contribution in [2.45, 2.75) is 37.1 Å². The smallest absolute Gasteiger partial charge is 0.264 e. The molecule has 1 atom stereocenters. The highest BCUT2D eigenvalue weighted by atomic mass is 35.5. The number of benzene rings is 3. The van der Waals surface area contributed by atoms with E-state index in [-0.39, 0.29) is 28.2 Å². The molecule has 1 aliphatic rings. The van der Waals surface area contributed by atoms with Gasteiger partial charge in [-0.3, -0.25) is 9.10 Å². The topological polar surface area (TPSA) is 66.5 Å². The van der Waals surface area contributed by atoms with Gasteiger partial charge in [0.2, 0.25) is 5.91 Å². The number of hydrogen-bond acceptors (Lipinski definition) is 3. The molecule has 0 heterocycles. The molecule has 4 rings (SSSR count). The monoisotopic (exact) mass is 468 g/mol. The normalized spacial score (nSPS) is 13.9. The molecule has 0 unspecified atom stereocenters. The third kappa shape index (κ3) is 4.66. The molecule has 0 aromatic heterocycles. The number of nitrogens with zero attached hydrogens (tertiary/aromatic N) is 1. The Kier molecular flexibility index (Phi) is 6.53. The first-order valence-corrected chi connectivity index (χ1v) is 12.4. The summed E-state index contributed by atoms with van der Waals surface area (Å²) in [6.07, 6.45) is 3.31. The average molecular weight is 469 g/mol. The lowest BCUT2D eigenvalue weighted by Gasteiger charge is -2.26. The lowest BCUT2D eigenvalue weighted by Crippen LogP contribution is -2.41. The summed E-state index contributed by atoms with van der Waals surface area (Å²) in [5.74, 6) is -0.405. The summed E-state index contributed by atoms with van der Waals surface area (Å²) in [5, 5.41) is 3.20. The van der Waals surface area contributed by atoms with Gasteiger partial charge in [0.15, 0.2) is 0 Å². The van der Waals surface area contributed by atoms with Crippen molar-refractivity contribution in [3.63, 3.8) is 0 Å². The second kappa shape index (κ2) is 9.35. The fourth-order valence-corrected chi connectivity index (χ4v) is 5.78. The zero-order valence-electron chi connectivity index (χ0n) is 17.8. The number of carbonyl (C=O) groups is 1. The molecule has 3 aromatic carbocycles. The molecule has 0 fully saturated rings. The first-order valence-electron chi connectivity index (χ1n) is 10.6. The van der Waals surface area contributed by atoms with E-state index in [4.69, 9.17) is 11.6 Å². The van der Waals surface area contributed by atoms with Gasteiger partial charge in [-0.15, -0.1) is 0 Å². The van der Waals surface area contributed by atoms with Crippen molar-refractivity contribution in [1.82, 2.24) is 5.32 Å². The number of amides is 1. The van der Waals surface area contributed by atoms with Crippen LogP contribution in [0.5, 0.6) is 0 Å². The molecular weight excluding hydrogens is 444 g/mol. The fourth-order valence-electron chi connectivity index (χ4n) is 4.04.